The van der Waals surface area contributed by atoms with Gasteiger partial charge < -0.3 is 19.9 Å². The van der Waals surface area contributed by atoms with E-state index in [9.17, 15) is 9.18 Å². The van der Waals surface area contributed by atoms with E-state index in [1.165, 1.54) is 12.1 Å². The molecule has 0 spiro atoms. The summed E-state index contributed by atoms with van der Waals surface area (Å²) in [7, 11) is 0. The Kier molecular flexibility index (Phi) is 7.23. The number of pyridine rings is 1. The largest absolute Gasteiger partial charge is 0.494 e. The molecule has 0 bridgehead atoms. The molecule has 1 aromatic heterocycles. The van der Waals surface area contributed by atoms with Crippen LogP contribution in [0.2, 0.25) is 0 Å². The topological polar surface area (TPSA) is 57.4 Å². The minimum atomic E-state index is -0.299. The number of benzene rings is 3. The van der Waals surface area contributed by atoms with E-state index in [1.54, 1.807) is 12.1 Å². The number of aromatic amines is 1. The third-order valence-corrected chi connectivity index (χ3v) is 5.88. The standard InChI is InChI=1S/C27H26FN3O2S/c1-3-33-24-13-11-23(12-14-24)29-27(34)31(16-19-7-9-22(28)10-8-19)17-21-15-20-6-4-5-18(2)25(20)30-26(21)32/h4-15H,3,16-17H2,1-2H3,(H,29,34)(H,30,32). The van der Waals surface area contributed by atoms with E-state index in [4.69, 9.17) is 17.0 Å². The minimum absolute atomic E-state index is 0.158. The van der Waals surface area contributed by atoms with Crippen LogP contribution >= 0.6 is 12.2 Å². The Hall–Kier alpha value is -3.71. The fourth-order valence-electron chi connectivity index (χ4n) is 3.77. The molecule has 0 unspecified atom stereocenters. The number of hydrogen-bond donors (Lipinski definition) is 2. The molecule has 5 nitrogen and oxygen atoms in total. The summed E-state index contributed by atoms with van der Waals surface area (Å²) in [5.74, 6) is 0.479. The number of nitrogens with zero attached hydrogens (tertiary/aromatic N) is 1. The quantitative estimate of drug-likeness (QED) is 0.332. The van der Waals surface area contributed by atoms with Crippen LogP contribution in [-0.2, 0) is 13.1 Å². The van der Waals surface area contributed by atoms with Crippen LogP contribution in [0.15, 0.2) is 77.6 Å². The van der Waals surface area contributed by atoms with Crippen molar-refractivity contribution in [1.82, 2.24) is 9.88 Å². The highest BCUT2D eigenvalue weighted by atomic mass is 32.1. The van der Waals surface area contributed by atoms with Gasteiger partial charge in [0.25, 0.3) is 5.56 Å². The van der Waals surface area contributed by atoms with E-state index < -0.39 is 0 Å². The van der Waals surface area contributed by atoms with Crippen molar-refractivity contribution in [3.8, 4) is 5.75 Å². The van der Waals surface area contributed by atoms with Crippen molar-refractivity contribution in [1.29, 1.82) is 0 Å². The minimum Gasteiger partial charge on any atom is -0.494 e. The summed E-state index contributed by atoms with van der Waals surface area (Å²) in [5, 5.41) is 4.66. The van der Waals surface area contributed by atoms with Gasteiger partial charge in [0.05, 0.1) is 18.7 Å². The highest BCUT2D eigenvalue weighted by Gasteiger charge is 2.15. The Labute approximate surface area is 203 Å². The summed E-state index contributed by atoms with van der Waals surface area (Å²) in [5.41, 5.74) is 3.96. The predicted molar refractivity (Wildman–Crippen MR) is 139 cm³/mol. The molecule has 1 heterocycles. The van der Waals surface area contributed by atoms with Gasteiger partial charge in [-0.05, 0) is 85.0 Å². The zero-order chi connectivity index (χ0) is 24.1. The maximum atomic E-state index is 13.4. The maximum Gasteiger partial charge on any atom is 0.253 e. The molecule has 7 heteroatoms. The first kappa shape index (κ1) is 23.4. The van der Waals surface area contributed by atoms with Gasteiger partial charge in [-0.1, -0.05) is 30.3 Å². The lowest BCUT2D eigenvalue weighted by molar-refractivity contribution is 0.340. The van der Waals surface area contributed by atoms with Gasteiger partial charge >= 0.3 is 0 Å². The molecule has 0 aliphatic carbocycles. The van der Waals surface area contributed by atoms with Crippen molar-refractivity contribution in [2.45, 2.75) is 26.9 Å². The van der Waals surface area contributed by atoms with Crippen LogP contribution in [-0.4, -0.2) is 21.6 Å². The summed E-state index contributed by atoms with van der Waals surface area (Å²) >= 11 is 5.72. The zero-order valence-electron chi connectivity index (χ0n) is 19.1. The maximum absolute atomic E-state index is 13.4. The number of hydrogen-bond acceptors (Lipinski definition) is 3. The van der Waals surface area contributed by atoms with E-state index in [2.05, 4.69) is 10.3 Å². The molecular weight excluding hydrogens is 449 g/mol. The molecular formula is C27H26FN3O2S. The van der Waals surface area contributed by atoms with Crippen LogP contribution < -0.4 is 15.6 Å². The van der Waals surface area contributed by atoms with Crippen LogP contribution in [0.5, 0.6) is 5.75 Å². The van der Waals surface area contributed by atoms with Gasteiger partial charge in [0.1, 0.15) is 11.6 Å². The Bertz CT molecular complexity index is 1350. The van der Waals surface area contributed by atoms with E-state index in [-0.39, 0.29) is 11.4 Å². The SMILES string of the molecule is CCOc1ccc(NC(=S)N(Cc2ccc(F)cc2)Cc2cc3cccc(C)c3[nH]c2=O)cc1. The van der Waals surface area contributed by atoms with E-state index in [1.807, 2.05) is 67.3 Å². The zero-order valence-corrected chi connectivity index (χ0v) is 19.9. The van der Waals surface area contributed by atoms with E-state index in [0.29, 0.717) is 30.4 Å². The van der Waals surface area contributed by atoms with Crippen molar-refractivity contribution in [3.05, 3.63) is 106 Å². The van der Waals surface area contributed by atoms with Gasteiger partial charge in [-0.25, -0.2) is 4.39 Å². The second-order valence-corrected chi connectivity index (χ2v) is 8.42. The molecule has 0 saturated carbocycles. The number of rotatable bonds is 7. The summed E-state index contributed by atoms with van der Waals surface area (Å²) < 4.78 is 18.9. The number of aryl methyl sites for hydroxylation is 1. The van der Waals surface area contributed by atoms with Gasteiger partial charge in [-0.15, -0.1) is 0 Å². The molecule has 0 aliphatic heterocycles. The Morgan fingerprint density at radius 1 is 1.06 bits per heavy atom. The molecule has 0 saturated heterocycles. The number of H-pyrrole nitrogens is 1. The first-order chi connectivity index (χ1) is 16.4. The molecule has 0 fully saturated rings. The van der Waals surface area contributed by atoms with Gasteiger partial charge in [-0.3, -0.25) is 4.79 Å². The number of thiocarbonyl (C=S) groups is 1. The van der Waals surface area contributed by atoms with Gasteiger partial charge in [0.15, 0.2) is 5.11 Å². The number of ether oxygens (including phenoxy) is 1. The summed E-state index contributed by atoms with van der Waals surface area (Å²) in [4.78, 5) is 17.8. The van der Waals surface area contributed by atoms with Gasteiger partial charge in [-0.2, -0.15) is 0 Å². The first-order valence-electron chi connectivity index (χ1n) is 11.1. The first-order valence-corrected chi connectivity index (χ1v) is 11.5. The number of fused-ring (bicyclic) bond motifs is 1. The lowest BCUT2D eigenvalue weighted by Gasteiger charge is -2.26. The molecule has 0 amide bonds. The average molecular weight is 476 g/mol. The predicted octanol–water partition coefficient (Wildman–Crippen LogP) is 5.77. The van der Waals surface area contributed by atoms with Crippen LogP contribution in [0.3, 0.4) is 0 Å². The molecule has 2 N–H and O–H groups in total. The van der Waals surface area contributed by atoms with Crippen LogP contribution in [0.1, 0.15) is 23.6 Å². The molecule has 0 atom stereocenters. The van der Waals surface area contributed by atoms with Crippen molar-refractivity contribution >= 4 is 33.9 Å². The normalized spacial score (nSPS) is 10.8. The lowest BCUT2D eigenvalue weighted by Crippen LogP contribution is -2.35. The average Bonchev–Trinajstić information content (AvgIpc) is 2.82. The van der Waals surface area contributed by atoms with Crippen molar-refractivity contribution < 1.29 is 9.13 Å². The van der Waals surface area contributed by atoms with Gasteiger partial charge in [0, 0.05) is 17.8 Å². The summed E-state index contributed by atoms with van der Waals surface area (Å²) in [6.07, 6.45) is 0. The van der Waals surface area contributed by atoms with Gasteiger partial charge in [0.2, 0.25) is 0 Å². The van der Waals surface area contributed by atoms with Crippen molar-refractivity contribution in [2.75, 3.05) is 11.9 Å². The fourth-order valence-corrected chi connectivity index (χ4v) is 4.01. The summed E-state index contributed by atoms with van der Waals surface area (Å²) in [6, 6.07) is 21.6. The Morgan fingerprint density at radius 2 is 1.79 bits per heavy atom. The summed E-state index contributed by atoms with van der Waals surface area (Å²) in [6.45, 7) is 5.20. The third kappa shape index (κ3) is 5.61. The highest BCUT2D eigenvalue weighted by Crippen LogP contribution is 2.19. The molecule has 34 heavy (non-hydrogen) atoms. The van der Waals surface area contributed by atoms with Crippen LogP contribution in [0.4, 0.5) is 10.1 Å². The highest BCUT2D eigenvalue weighted by molar-refractivity contribution is 7.80. The fraction of sp³-hybridized carbons (Fsp3) is 0.185. The Balaban J connectivity index is 1.61. The molecule has 4 rings (SSSR count). The molecule has 4 aromatic rings. The van der Waals surface area contributed by atoms with Crippen molar-refractivity contribution in [2.24, 2.45) is 0 Å². The monoisotopic (exact) mass is 475 g/mol. The number of halogens is 1. The number of aromatic nitrogens is 1. The molecule has 0 radical (unpaired) electrons. The number of para-hydroxylation sites is 1. The number of anilines is 1. The number of nitrogens with one attached hydrogen (secondary N) is 2. The molecule has 3 aromatic carbocycles. The van der Waals surface area contributed by atoms with E-state index in [0.717, 1.165) is 33.5 Å². The Morgan fingerprint density at radius 3 is 2.50 bits per heavy atom. The lowest BCUT2D eigenvalue weighted by atomic mass is 10.1. The van der Waals surface area contributed by atoms with Crippen LogP contribution in [0.25, 0.3) is 10.9 Å². The molecule has 0 aliphatic rings. The van der Waals surface area contributed by atoms with Crippen LogP contribution in [0, 0.1) is 12.7 Å². The second kappa shape index (κ2) is 10.5. The third-order valence-electron chi connectivity index (χ3n) is 5.52. The molecule has 174 valence electrons. The van der Waals surface area contributed by atoms with E-state index >= 15 is 0 Å². The second-order valence-electron chi connectivity index (χ2n) is 8.03. The smallest absolute Gasteiger partial charge is 0.253 e. The van der Waals surface area contributed by atoms with Crippen molar-refractivity contribution in [3.63, 3.8) is 0 Å².